The fourth-order valence-electron chi connectivity index (χ4n) is 3.96. The van der Waals surface area contributed by atoms with E-state index in [1.54, 1.807) is 0 Å². The van der Waals surface area contributed by atoms with Gasteiger partial charge in [-0.15, -0.1) is 0 Å². The second kappa shape index (κ2) is 10.5. The number of benzene rings is 2. The summed E-state index contributed by atoms with van der Waals surface area (Å²) in [5, 5.41) is 0. The molecule has 4 rings (SSSR count). The molecule has 0 amide bonds. The van der Waals surface area contributed by atoms with Crippen molar-refractivity contribution in [1.82, 2.24) is 14.6 Å². The molecule has 2 aromatic carbocycles. The molecule has 0 atom stereocenters. The summed E-state index contributed by atoms with van der Waals surface area (Å²) in [5.74, 6) is 1.74. The van der Waals surface area contributed by atoms with E-state index < -0.39 is 0 Å². The highest BCUT2D eigenvalue weighted by Crippen LogP contribution is 2.29. The number of nitrogens with zero attached hydrogens (tertiary/aromatic N) is 4. The van der Waals surface area contributed by atoms with Crippen molar-refractivity contribution in [2.24, 2.45) is 0 Å². The number of ether oxygens (including phenoxy) is 1. The van der Waals surface area contributed by atoms with Gasteiger partial charge in [-0.2, -0.15) is 0 Å². The molecule has 6 nitrogen and oxygen atoms in total. The van der Waals surface area contributed by atoms with Crippen molar-refractivity contribution in [3.05, 3.63) is 89.4 Å². The lowest BCUT2D eigenvalue weighted by Crippen LogP contribution is -2.25. The van der Waals surface area contributed by atoms with Crippen molar-refractivity contribution >= 4 is 16.9 Å². The SMILES string of the molecule is CCOCc1nc2c(N(Cc3ccccc3)Cc3ccccc3)nc(C)cc2n1NC(C)C. The molecule has 0 saturated heterocycles. The van der Waals surface area contributed by atoms with E-state index in [4.69, 9.17) is 14.7 Å². The zero-order chi connectivity index (χ0) is 23.2. The van der Waals surface area contributed by atoms with E-state index in [0.717, 1.165) is 41.5 Å². The number of fused-ring (bicyclic) bond motifs is 1. The highest BCUT2D eigenvalue weighted by Gasteiger charge is 2.21. The molecular weight excluding hydrogens is 410 g/mol. The first-order valence-corrected chi connectivity index (χ1v) is 11.6. The molecule has 172 valence electrons. The fraction of sp³-hybridized carbons (Fsp3) is 0.333. The molecule has 0 bridgehead atoms. The maximum absolute atomic E-state index is 5.74. The quantitative estimate of drug-likeness (QED) is 0.354. The third kappa shape index (κ3) is 5.52. The second-order valence-electron chi connectivity index (χ2n) is 8.57. The molecule has 0 aliphatic heterocycles. The van der Waals surface area contributed by atoms with Crippen LogP contribution in [0.4, 0.5) is 5.82 Å². The lowest BCUT2D eigenvalue weighted by Gasteiger charge is -2.25. The lowest BCUT2D eigenvalue weighted by atomic mass is 10.1. The highest BCUT2D eigenvalue weighted by molar-refractivity contribution is 5.88. The number of hydrogen-bond acceptors (Lipinski definition) is 5. The van der Waals surface area contributed by atoms with E-state index in [1.165, 1.54) is 11.1 Å². The van der Waals surface area contributed by atoms with Gasteiger partial charge >= 0.3 is 0 Å². The predicted molar refractivity (Wildman–Crippen MR) is 135 cm³/mol. The number of anilines is 1. The molecule has 0 saturated carbocycles. The largest absolute Gasteiger partial charge is 0.374 e. The van der Waals surface area contributed by atoms with Gasteiger partial charge in [0.05, 0.1) is 5.52 Å². The Bertz CT molecular complexity index is 1130. The van der Waals surface area contributed by atoms with Crippen molar-refractivity contribution in [3.63, 3.8) is 0 Å². The van der Waals surface area contributed by atoms with Crippen molar-refractivity contribution in [3.8, 4) is 0 Å². The van der Waals surface area contributed by atoms with Crippen LogP contribution in [0.3, 0.4) is 0 Å². The van der Waals surface area contributed by atoms with E-state index in [-0.39, 0.29) is 6.04 Å². The normalized spacial score (nSPS) is 11.3. The number of aryl methyl sites for hydroxylation is 1. The van der Waals surface area contributed by atoms with Gasteiger partial charge in [0.2, 0.25) is 0 Å². The van der Waals surface area contributed by atoms with Crippen LogP contribution in [0.15, 0.2) is 66.7 Å². The molecule has 2 heterocycles. The van der Waals surface area contributed by atoms with Crippen LogP contribution >= 0.6 is 0 Å². The van der Waals surface area contributed by atoms with Crippen molar-refractivity contribution in [2.45, 2.75) is 53.4 Å². The summed E-state index contributed by atoms with van der Waals surface area (Å²) in [4.78, 5) is 12.3. The minimum Gasteiger partial charge on any atom is -0.374 e. The summed E-state index contributed by atoms with van der Waals surface area (Å²) in [5.41, 5.74) is 8.86. The molecule has 0 radical (unpaired) electrons. The van der Waals surface area contributed by atoms with Gasteiger partial charge in [0.1, 0.15) is 12.1 Å². The Kier molecular flexibility index (Phi) is 7.25. The van der Waals surface area contributed by atoms with Crippen LogP contribution < -0.4 is 10.3 Å². The summed E-state index contributed by atoms with van der Waals surface area (Å²) in [6, 6.07) is 23.4. The first-order chi connectivity index (χ1) is 16.0. The third-order valence-electron chi connectivity index (χ3n) is 5.38. The van der Waals surface area contributed by atoms with Crippen LogP contribution in [-0.4, -0.2) is 27.3 Å². The van der Waals surface area contributed by atoms with Crippen LogP contribution in [0.5, 0.6) is 0 Å². The zero-order valence-electron chi connectivity index (χ0n) is 20.0. The molecule has 6 heteroatoms. The van der Waals surface area contributed by atoms with Gasteiger partial charge in [0.25, 0.3) is 0 Å². The molecule has 0 aliphatic rings. The van der Waals surface area contributed by atoms with E-state index >= 15 is 0 Å². The van der Waals surface area contributed by atoms with Gasteiger partial charge in [-0.05, 0) is 44.9 Å². The molecule has 0 fully saturated rings. The average Bonchev–Trinajstić information content (AvgIpc) is 3.14. The molecule has 0 aliphatic carbocycles. The number of aromatic nitrogens is 3. The molecule has 2 aromatic heterocycles. The lowest BCUT2D eigenvalue weighted by molar-refractivity contribution is 0.126. The maximum Gasteiger partial charge on any atom is 0.157 e. The number of imidazole rings is 1. The highest BCUT2D eigenvalue weighted by atomic mass is 16.5. The summed E-state index contributed by atoms with van der Waals surface area (Å²) in [6.07, 6.45) is 0. The second-order valence-corrected chi connectivity index (χ2v) is 8.57. The molecule has 1 N–H and O–H groups in total. The van der Waals surface area contributed by atoms with Gasteiger partial charge in [-0.25, -0.2) is 14.6 Å². The number of rotatable bonds is 10. The Labute approximate surface area is 196 Å². The Morgan fingerprint density at radius 2 is 1.55 bits per heavy atom. The average molecular weight is 444 g/mol. The van der Waals surface area contributed by atoms with E-state index in [9.17, 15) is 0 Å². The zero-order valence-corrected chi connectivity index (χ0v) is 20.0. The van der Waals surface area contributed by atoms with E-state index in [2.05, 4.69) is 83.4 Å². The Balaban J connectivity index is 1.84. The third-order valence-corrected chi connectivity index (χ3v) is 5.38. The summed E-state index contributed by atoms with van der Waals surface area (Å²) in [6.45, 7) is 10.9. The number of pyridine rings is 1. The van der Waals surface area contributed by atoms with E-state index in [0.29, 0.717) is 13.2 Å². The standard InChI is InChI=1S/C27H33N5O/c1-5-33-19-25-29-26-24(32(25)30-20(2)3)16-21(4)28-27(26)31(17-22-12-8-6-9-13-22)18-23-14-10-7-11-15-23/h6-16,20,30H,5,17-19H2,1-4H3. The smallest absolute Gasteiger partial charge is 0.157 e. The Hall–Kier alpha value is -3.38. The van der Waals surface area contributed by atoms with Crippen LogP contribution in [0, 0.1) is 6.92 Å². The minimum atomic E-state index is 0.254. The first-order valence-electron chi connectivity index (χ1n) is 11.6. The topological polar surface area (TPSA) is 55.2 Å². The summed E-state index contributed by atoms with van der Waals surface area (Å²) >= 11 is 0. The van der Waals surface area contributed by atoms with Crippen LogP contribution in [0.1, 0.15) is 43.4 Å². The maximum atomic E-state index is 5.74. The minimum absolute atomic E-state index is 0.254. The van der Waals surface area contributed by atoms with Crippen molar-refractivity contribution in [2.75, 3.05) is 16.9 Å². The van der Waals surface area contributed by atoms with Gasteiger partial charge in [-0.1, -0.05) is 60.7 Å². The molecule has 0 unspecified atom stereocenters. The van der Waals surface area contributed by atoms with Crippen molar-refractivity contribution in [1.29, 1.82) is 0 Å². The molecule has 0 spiro atoms. The van der Waals surface area contributed by atoms with E-state index in [1.807, 2.05) is 26.0 Å². The number of nitrogens with one attached hydrogen (secondary N) is 1. The monoisotopic (exact) mass is 443 g/mol. The predicted octanol–water partition coefficient (Wildman–Crippen LogP) is 5.43. The van der Waals surface area contributed by atoms with Gasteiger partial charge < -0.3 is 15.1 Å². The molecular formula is C27H33N5O. The van der Waals surface area contributed by atoms with Crippen LogP contribution in [-0.2, 0) is 24.4 Å². The Morgan fingerprint density at radius 1 is 0.939 bits per heavy atom. The fourth-order valence-corrected chi connectivity index (χ4v) is 3.96. The Morgan fingerprint density at radius 3 is 2.09 bits per heavy atom. The van der Waals surface area contributed by atoms with Gasteiger partial charge in [-0.3, -0.25) is 0 Å². The summed E-state index contributed by atoms with van der Waals surface area (Å²) < 4.78 is 7.80. The van der Waals surface area contributed by atoms with Crippen molar-refractivity contribution < 1.29 is 4.74 Å². The van der Waals surface area contributed by atoms with Crippen LogP contribution in [0.2, 0.25) is 0 Å². The van der Waals surface area contributed by atoms with Gasteiger partial charge in [0, 0.05) is 31.4 Å². The van der Waals surface area contributed by atoms with Gasteiger partial charge in [0.15, 0.2) is 11.6 Å². The molecule has 4 aromatic rings. The summed E-state index contributed by atoms with van der Waals surface area (Å²) in [7, 11) is 0. The first kappa shape index (κ1) is 22.8. The number of hydrogen-bond donors (Lipinski definition) is 1. The van der Waals surface area contributed by atoms with Crippen LogP contribution in [0.25, 0.3) is 11.0 Å². The molecule has 33 heavy (non-hydrogen) atoms.